The Bertz CT molecular complexity index is 1230. The maximum Gasteiger partial charge on any atom is 0.252 e. The van der Waals surface area contributed by atoms with Gasteiger partial charge in [-0.05, 0) is 24.3 Å². The summed E-state index contributed by atoms with van der Waals surface area (Å²) in [5, 5.41) is 0.736. The Morgan fingerprint density at radius 1 is 0.857 bits per heavy atom. The van der Waals surface area contributed by atoms with Gasteiger partial charge in [-0.3, -0.25) is 4.98 Å². The zero-order chi connectivity index (χ0) is 19.9. The van der Waals surface area contributed by atoms with Gasteiger partial charge in [0.2, 0.25) is 10.0 Å². The lowest BCUT2D eigenvalue weighted by atomic mass is 10.2. The molecule has 0 amide bonds. The topological polar surface area (TPSA) is 87.7 Å². The van der Waals surface area contributed by atoms with Crippen molar-refractivity contribution in [1.29, 1.82) is 0 Å². The van der Waals surface area contributed by atoms with Gasteiger partial charge in [0.05, 0.1) is 9.85 Å². The zero-order valence-electron chi connectivity index (χ0n) is 14.5. The molecule has 0 aliphatic carbocycles. The summed E-state index contributed by atoms with van der Waals surface area (Å²) in [6.45, 7) is 0.304. The van der Waals surface area contributed by atoms with Crippen LogP contribution in [0.5, 0.6) is 0 Å². The summed E-state index contributed by atoms with van der Waals surface area (Å²) in [5.41, 5.74) is 0.410. The van der Waals surface area contributed by atoms with Gasteiger partial charge < -0.3 is 0 Å². The second-order valence-electron chi connectivity index (χ2n) is 6.20. The first kappa shape index (κ1) is 19.7. The SMILES string of the molecule is O=S(=O)(c1ccc(Cl)s1)N1CCN(S(=O)(=O)c2cccc3cccnc23)CC1. The van der Waals surface area contributed by atoms with Crippen molar-refractivity contribution >= 4 is 53.9 Å². The number of benzene rings is 1. The third-order valence-electron chi connectivity index (χ3n) is 4.55. The van der Waals surface area contributed by atoms with E-state index < -0.39 is 20.0 Å². The maximum absolute atomic E-state index is 13.1. The van der Waals surface area contributed by atoms with Crippen molar-refractivity contribution in [3.8, 4) is 0 Å². The van der Waals surface area contributed by atoms with Crippen molar-refractivity contribution in [2.45, 2.75) is 9.10 Å². The van der Waals surface area contributed by atoms with Crippen LogP contribution < -0.4 is 0 Å². The Labute approximate surface area is 172 Å². The minimum Gasteiger partial charge on any atom is -0.255 e. The van der Waals surface area contributed by atoms with Crippen LogP contribution in [-0.2, 0) is 20.0 Å². The summed E-state index contributed by atoms with van der Waals surface area (Å²) < 4.78 is 54.8. The number of sulfonamides is 2. The largest absolute Gasteiger partial charge is 0.255 e. The molecular weight excluding hydrogens is 442 g/mol. The second kappa shape index (κ2) is 7.36. The van der Waals surface area contributed by atoms with Gasteiger partial charge in [-0.1, -0.05) is 29.8 Å². The summed E-state index contributed by atoms with van der Waals surface area (Å²) in [6.07, 6.45) is 1.55. The third-order valence-corrected chi connectivity index (χ3v) is 10.1. The number of nitrogens with zero attached hydrogens (tertiary/aromatic N) is 3. The first-order chi connectivity index (χ1) is 13.3. The van der Waals surface area contributed by atoms with Crippen LogP contribution in [0.1, 0.15) is 0 Å². The summed E-state index contributed by atoms with van der Waals surface area (Å²) in [5.74, 6) is 0. The monoisotopic (exact) mass is 457 g/mol. The van der Waals surface area contributed by atoms with E-state index in [0.717, 1.165) is 16.7 Å². The number of piperazine rings is 1. The van der Waals surface area contributed by atoms with Crippen LogP contribution in [-0.4, -0.2) is 56.6 Å². The van der Waals surface area contributed by atoms with E-state index in [-0.39, 0.29) is 35.3 Å². The van der Waals surface area contributed by atoms with Crippen molar-refractivity contribution < 1.29 is 16.8 Å². The predicted molar refractivity (Wildman–Crippen MR) is 109 cm³/mol. The van der Waals surface area contributed by atoms with E-state index in [0.29, 0.717) is 9.85 Å². The maximum atomic E-state index is 13.1. The molecule has 0 atom stereocenters. The van der Waals surface area contributed by atoms with Gasteiger partial charge in [-0.2, -0.15) is 8.61 Å². The highest BCUT2D eigenvalue weighted by Crippen LogP contribution is 2.30. The second-order valence-corrected chi connectivity index (χ2v) is 12.0. The Balaban J connectivity index is 1.58. The summed E-state index contributed by atoms with van der Waals surface area (Å²) in [7, 11) is -7.46. The van der Waals surface area contributed by atoms with E-state index in [1.165, 1.54) is 26.8 Å². The van der Waals surface area contributed by atoms with E-state index in [1.54, 1.807) is 30.5 Å². The Hall–Kier alpha value is -1.56. The lowest BCUT2D eigenvalue weighted by Crippen LogP contribution is -2.50. The number of thiophene rings is 1. The Kier molecular flexibility index (Phi) is 5.19. The molecule has 1 aliphatic rings. The highest BCUT2D eigenvalue weighted by atomic mass is 35.5. The number of hydrogen-bond donors (Lipinski definition) is 0. The van der Waals surface area contributed by atoms with Crippen LogP contribution in [0.2, 0.25) is 4.34 Å². The van der Waals surface area contributed by atoms with Gasteiger partial charge in [0.1, 0.15) is 9.10 Å². The molecule has 148 valence electrons. The van der Waals surface area contributed by atoms with E-state index in [9.17, 15) is 16.8 Å². The Morgan fingerprint density at radius 2 is 1.50 bits per heavy atom. The minimum atomic E-state index is -3.79. The van der Waals surface area contributed by atoms with Gasteiger partial charge >= 0.3 is 0 Å². The minimum absolute atomic E-state index is 0.0733. The fourth-order valence-electron chi connectivity index (χ4n) is 3.14. The number of halogens is 1. The number of aromatic nitrogens is 1. The molecule has 0 saturated carbocycles. The van der Waals surface area contributed by atoms with Gasteiger partial charge in [-0.15, -0.1) is 11.3 Å². The average Bonchev–Trinajstić information content (AvgIpc) is 3.15. The van der Waals surface area contributed by atoms with Crippen molar-refractivity contribution in [3.05, 3.63) is 53.0 Å². The van der Waals surface area contributed by atoms with Gasteiger partial charge in [-0.25, -0.2) is 16.8 Å². The molecule has 0 unspecified atom stereocenters. The molecule has 1 saturated heterocycles. The first-order valence-electron chi connectivity index (χ1n) is 8.39. The standard InChI is InChI=1S/C17H16ClN3O4S3/c18-15-6-7-16(26-15)28(24,25)21-11-9-20(10-12-21)27(22,23)14-5-1-3-13-4-2-8-19-17(13)14/h1-8H,9-12H2. The quantitative estimate of drug-likeness (QED) is 0.601. The van der Waals surface area contributed by atoms with Crippen LogP contribution in [0.3, 0.4) is 0 Å². The fourth-order valence-corrected chi connectivity index (χ4v) is 7.78. The lowest BCUT2D eigenvalue weighted by Gasteiger charge is -2.33. The van der Waals surface area contributed by atoms with Gasteiger partial charge in [0.25, 0.3) is 10.0 Å². The molecule has 1 fully saturated rings. The molecule has 28 heavy (non-hydrogen) atoms. The van der Waals surface area contributed by atoms with Crippen LogP contribution in [0.15, 0.2) is 57.8 Å². The van der Waals surface area contributed by atoms with Crippen molar-refractivity contribution in [3.63, 3.8) is 0 Å². The molecule has 3 heterocycles. The normalized spacial score (nSPS) is 17.2. The molecule has 0 N–H and O–H groups in total. The van der Waals surface area contributed by atoms with Crippen LogP contribution in [0.25, 0.3) is 10.9 Å². The van der Waals surface area contributed by atoms with Crippen LogP contribution >= 0.6 is 22.9 Å². The zero-order valence-corrected chi connectivity index (χ0v) is 17.7. The molecule has 11 heteroatoms. The molecule has 1 aromatic carbocycles. The molecule has 0 bridgehead atoms. The lowest BCUT2D eigenvalue weighted by molar-refractivity contribution is 0.273. The third kappa shape index (κ3) is 3.44. The van der Waals surface area contributed by atoms with E-state index in [2.05, 4.69) is 4.98 Å². The summed E-state index contributed by atoms with van der Waals surface area (Å²) in [4.78, 5) is 4.35. The molecular formula is C17H16ClN3O4S3. The van der Waals surface area contributed by atoms with E-state index in [1.807, 2.05) is 0 Å². The van der Waals surface area contributed by atoms with Gasteiger partial charge in [0.15, 0.2) is 0 Å². The van der Waals surface area contributed by atoms with E-state index >= 15 is 0 Å². The van der Waals surface area contributed by atoms with Crippen molar-refractivity contribution in [2.24, 2.45) is 0 Å². The molecule has 0 radical (unpaired) electrons. The number of rotatable bonds is 4. The smallest absolute Gasteiger partial charge is 0.252 e. The van der Waals surface area contributed by atoms with Gasteiger partial charge in [0, 0.05) is 37.8 Å². The molecule has 3 aromatic rings. The van der Waals surface area contributed by atoms with Crippen LogP contribution in [0, 0.1) is 0 Å². The highest BCUT2D eigenvalue weighted by molar-refractivity contribution is 7.91. The van der Waals surface area contributed by atoms with Crippen molar-refractivity contribution in [1.82, 2.24) is 13.6 Å². The summed E-state index contributed by atoms with van der Waals surface area (Å²) in [6, 6.07) is 11.6. The average molecular weight is 458 g/mol. The summed E-state index contributed by atoms with van der Waals surface area (Å²) >= 11 is 6.83. The first-order valence-corrected chi connectivity index (χ1v) is 12.5. The number of hydrogen-bond acceptors (Lipinski definition) is 6. The predicted octanol–water partition coefficient (Wildman–Crippen LogP) is 2.64. The molecule has 0 spiro atoms. The number of fused-ring (bicyclic) bond motifs is 1. The molecule has 7 nitrogen and oxygen atoms in total. The van der Waals surface area contributed by atoms with Crippen LogP contribution in [0.4, 0.5) is 0 Å². The fraction of sp³-hybridized carbons (Fsp3) is 0.235. The Morgan fingerprint density at radius 3 is 2.14 bits per heavy atom. The molecule has 1 aliphatic heterocycles. The van der Waals surface area contributed by atoms with E-state index in [4.69, 9.17) is 11.6 Å². The number of pyridine rings is 1. The number of para-hydroxylation sites is 1. The molecule has 4 rings (SSSR count). The molecule has 2 aromatic heterocycles. The van der Waals surface area contributed by atoms with Crippen molar-refractivity contribution in [2.75, 3.05) is 26.2 Å². The highest BCUT2D eigenvalue weighted by Gasteiger charge is 2.35.